The molecule has 14 heteroatoms. The number of ketones is 2. The quantitative estimate of drug-likeness (QED) is 0.281. The number of hydrogen-bond donors (Lipinski definition) is 5. The van der Waals surface area contributed by atoms with Crippen molar-refractivity contribution >= 4 is 28.9 Å². The van der Waals surface area contributed by atoms with Gasteiger partial charge in [0.2, 0.25) is 11.5 Å². The van der Waals surface area contributed by atoms with Gasteiger partial charge in [-0.25, -0.2) is 0 Å². The molecule has 1 amide bonds. The summed E-state index contributed by atoms with van der Waals surface area (Å²) in [6.07, 6.45) is -4.34. The number of carbonyl (C=O) groups excluding carboxylic acids is 3. The fourth-order valence-electron chi connectivity index (χ4n) is 7.40. The second kappa shape index (κ2) is 11.2. The number of aryl methyl sites for hydroxylation is 3. The molecule has 1 fully saturated rings. The maximum absolute atomic E-state index is 14.1. The number of rotatable bonds is 7. The number of amides is 1. The highest BCUT2D eigenvalue weighted by Gasteiger charge is 2.64. The number of likely N-dealkylation sites (N-methyl/N-ethyl adjacent to an activating group) is 1. The Hall–Kier alpha value is -4.30. The fourth-order valence-corrected chi connectivity index (χ4v) is 7.40. The van der Waals surface area contributed by atoms with Gasteiger partial charge in [0.05, 0.1) is 11.6 Å². The minimum absolute atomic E-state index is 0.0123. The van der Waals surface area contributed by atoms with E-state index >= 15 is 0 Å². The zero-order chi connectivity index (χ0) is 34.2. The standard InChI is InChI=1S/C32H36F3N3O8/c1-13-9-15(29(46-13)32(33,34)35)8-6-7-14-12-19(37(2)3)17-10-16-11-18-23(38(4)5)26(41)22(30(36)44)28(43)31(18,45)27(42)20(16)25(40)21(17)24(14)39/h9,12,16,18,23,39-40,43,45H,6-8,10-11H2,1-5H3,(H2,36,44)/t16-,18-,23-,31-/m0/s1. The van der Waals surface area contributed by atoms with Crippen LogP contribution in [-0.4, -0.2) is 82.6 Å². The molecule has 0 unspecified atom stereocenters. The predicted octanol–water partition coefficient (Wildman–Crippen LogP) is 3.13. The van der Waals surface area contributed by atoms with Crippen LogP contribution >= 0.6 is 0 Å². The molecule has 248 valence electrons. The average Bonchev–Trinajstić information content (AvgIpc) is 3.32. The summed E-state index contributed by atoms with van der Waals surface area (Å²) in [7, 11) is 6.51. The topological polar surface area (TPSA) is 178 Å². The van der Waals surface area contributed by atoms with Crippen molar-refractivity contribution in [1.82, 2.24) is 4.90 Å². The van der Waals surface area contributed by atoms with Crippen molar-refractivity contribution in [2.75, 3.05) is 33.1 Å². The molecule has 1 saturated carbocycles. The van der Waals surface area contributed by atoms with E-state index in [1.807, 2.05) is 0 Å². The van der Waals surface area contributed by atoms with E-state index in [1.165, 1.54) is 32.0 Å². The number of hydrogen-bond acceptors (Lipinski definition) is 10. The number of phenolic OH excluding ortho intramolecular Hbond substituents is 1. The molecule has 1 heterocycles. The summed E-state index contributed by atoms with van der Waals surface area (Å²) in [5.41, 5.74) is 2.69. The van der Waals surface area contributed by atoms with Crippen LogP contribution in [0.1, 0.15) is 46.6 Å². The molecule has 1 aromatic heterocycles. The number of aliphatic hydroxyl groups is 3. The van der Waals surface area contributed by atoms with E-state index in [-0.39, 0.29) is 60.3 Å². The molecule has 3 aliphatic carbocycles. The first-order valence-electron chi connectivity index (χ1n) is 14.7. The number of Topliss-reactive ketones (excluding diaryl/α,β-unsaturated/α-hetero) is 2. The zero-order valence-electron chi connectivity index (χ0n) is 25.9. The van der Waals surface area contributed by atoms with Gasteiger partial charge in [-0.15, -0.1) is 0 Å². The van der Waals surface area contributed by atoms with E-state index in [9.17, 15) is 48.0 Å². The highest BCUT2D eigenvalue weighted by atomic mass is 19.4. The summed E-state index contributed by atoms with van der Waals surface area (Å²) in [6.45, 7) is 1.42. The maximum Gasteiger partial charge on any atom is 0.449 e. The molecule has 0 radical (unpaired) electrons. The van der Waals surface area contributed by atoms with E-state index in [2.05, 4.69) is 0 Å². The Morgan fingerprint density at radius 2 is 1.72 bits per heavy atom. The van der Waals surface area contributed by atoms with E-state index < -0.39 is 70.0 Å². The SMILES string of the molecule is Cc1cc(CCCc2cc(N(C)C)c3c(c2O)C(O)=C2C(=O)[C@]4(O)C(O)=C(C(N)=O)C(=O)[C@@H](N(C)C)[C@@H]4C[C@@H]2C3)c(C(F)(F)F)o1. The monoisotopic (exact) mass is 647 g/mol. The molecule has 3 aliphatic rings. The van der Waals surface area contributed by atoms with Crippen LogP contribution < -0.4 is 10.6 Å². The van der Waals surface area contributed by atoms with Crippen molar-refractivity contribution in [3.05, 3.63) is 62.8 Å². The van der Waals surface area contributed by atoms with Crippen molar-refractivity contribution < 1.29 is 52.4 Å². The number of furan rings is 1. The second-order valence-corrected chi connectivity index (χ2v) is 12.7. The van der Waals surface area contributed by atoms with Gasteiger partial charge in [0, 0.05) is 36.8 Å². The molecular weight excluding hydrogens is 611 g/mol. The number of primary amides is 1. The molecule has 46 heavy (non-hydrogen) atoms. The molecular formula is C32H36F3N3O8. The number of alkyl halides is 3. The lowest BCUT2D eigenvalue weighted by molar-refractivity contribution is -0.154. The first-order chi connectivity index (χ1) is 21.3. The van der Waals surface area contributed by atoms with Crippen LogP contribution in [0.5, 0.6) is 5.75 Å². The van der Waals surface area contributed by atoms with Gasteiger partial charge >= 0.3 is 6.18 Å². The summed E-state index contributed by atoms with van der Waals surface area (Å²) >= 11 is 0. The Bertz CT molecular complexity index is 1720. The van der Waals surface area contributed by atoms with Crippen molar-refractivity contribution in [3.63, 3.8) is 0 Å². The van der Waals surface area contributed by atoms with Gasteiger partial charge in [-0.05, 0) is 82.3 Å². The highest BCUT2D eigenvalue weighted by molar-refractivity contribution is 6.24. The van der Waals surface area contributed by atoms with Gasteiger partial charge in [-0.3, -0.25) is 19.3 Å². The third-order valence-electron chi connectivity index (χ3n) is 9.34. The summed E-state index contributed by atoms with van der Waals surface area (Å²) < 4.78 is 45.2. The zero-order valence-corrected chi connectivity index (χ0v) is 25.9. The molecule has 2 aromatic rings. The lowest BCUT2D eigenvalue weighted by Gasteiger charge is -2.50. The number of halogens is 3. The van der Waals surface area contributed by atoms with Crippen LogP contribution in [0, 0.1) is 18.8 Å². The molecule has 11 nitrogen and oxygen atoms in total. The number of benzene rings is 1. The average molecular weight is 648 g/mol. The normalized spacial score (nSPS) is 24.7. The van der Waals surface area contributed by atoms with Crippen molar-refractivity contribution in [2.45, 2.75) is 56.8 Å². The van der Waals surface area contributed by atoms with Gasteiger partial charge in [0.25, 0.3) is 5.91 Å². The molecule has 0 aliphatic heterocycles. The first-order valence-corrected chi connectivity index (χ1v) is 14.7. The van der Waals surface area contributed by atoms with Gasteiger partial charge in [0.1, 0.15) is 28.6 Å². The molecule has 0 spiro atoms. The minimum atomic E-state index is -4.67. The van der Waals surface area contributed by atoms with Crippen LogP contribution in [0.25, 0.3) is 5.76 Å². The molecule has 0 saturated heterocycles. The number of fused-ring (bicyclic) bond motifs is 3. The van der Waals surface area contributed by atoms with Gasteiger partial charge in [-0.2, -0.15) is 13.2 Å². The third-order valence-corrected chi connectivity index (χ3v) is 9.34. The lowest BCUT2D eigenvalue weighted by Crippen LogP contribution is -2.65. The Balaban J connectivity index is 1.59. The van der Waals surface area contributed by atoms with E-state index in [4.69, 9.17) is 10.2 Å². The second-order valence-electron chi connectivity index (χ2n) is 12.7. The summed E-state index contributed by atoms with van der Waals surface area (Å²) in [5.74, 6) is -8.38. The van der Waals surface area contributed by atoms with Crippen LogP contribution in [0.15, 0.2) is 33.5 Å². The summed E-state index contributed by atoms with van der Waals surface area (Å²) in [6, 6.07) is 1.80. The smallest absolute Gasteiger partial charge is 0.449 e. The Morgan fingerprint density at radius 3 is 2.28 bits per heavy atom. The van der Waals surface area contributed by atoms with Crippen LogP contribution in [-0.2, 0) is 39.8 Å². The Morgan fingerprint density at radius 1 is 1.09 bits per heavy atom. The molecule has 5 rings (SSSR count). The van der Waals surface area contributed by atoms with Crippen LogP contribution in [0.4, 0.5) is 18.9 Å². The van der Waals surface area contributed by atoms with Crippen LogP contribution in [0.2, 0.25) is 0 Å². The van der Waals surface area contributed by atoms with Crippen LogP contribution in [0.3, 0.4) is 0 Å². The third kappa shape index (κ3) is 4.94. The maximum atomic E-state index is 14.1. The first kappa shape index (κ1) is 33.1. The molecule has 1 aromatic carbocycles. The summed E-state index contributed by atoms with van der Waals surface area (Å²) in [5, 5.41) is 45.9. The van der Waals surface area contributed by atoms with Gasteiger partial charge in [0.15, 0.2) is 11.4 Å². The fraction of sp³-hybridized carbons (Fsp3) is 0.469. The Kier molecular flexibility index (Phi) is 8.05. The largest absolute Gasteiger partial charge is 0.508 e. The lowest BCUT2D eigenvalue weighted by atomic mass is 9.57. The molecule has 0 bridgehead atoms. The number of phenols is 1. The summed E-state index contributed by atoms with van der Waals surface area (Å²) in [4.78, 5) is 42.7. The number of anilines is 1. The highest BCUT2D eigenvalue weighted by Crippen LogP contribution is 2.54. The predicted molar refractivity (Wildman–Crippen MR) is 159 cm³/mol. The Labute approximate surface area is 262 Å². The number of nitrogens with zero attached hydrogens (tertiary/aromatic N) is 2. The van der Waals surface area contributed by atoms with E-state index in [0.29, 0.717) is 16.8 Å². The molecule has 6 N–H and O–H groups in total. The van der Waals surface area contributed by atoms with Crippen molar-refractivity contribution in [1.29, 1.82) is 0 Å². The van der Waals surface area contributed by atoms with E-state index in [0.717, 1.165) is 0 Å². The van der Waals surface area contributed by atoms with Crippen molar-refractivity contribution in [3.8, 4) is 5.75 Å². The number of aromatic hydroxyl groups is 1. The number of nitrogens with two attached hydrogens (primary N) is 1. The van der Waals surface area contributed by atoms with Crippen molar-refractivity contribution in [2.24, 2.45) is 17.6 Å². The van der Waals surface area contributed by atoms with Gasteiger partial charge < -0.3 is 35.5 Å². The molecule has 4 atom stereocenters. The minimum Gasteiger partial charge on any atom is -0.508 e. The van der Waals surface area contributed by atoms with Gasteiger partial charge in [-0.1, -0.05) is 0 Å². The number of aliphatic hydroxyl groups excluding tert-OH is 2. The van der Waals surface area contributed by atoms with E-state index in [1.54, 1.807) is 25.1 Å². The number of carbonyl (C=O) groups is 3.